The minimum absolute atomic E-state index is 0.988. The number of hydrogen-bond acceptors (Lipinski definition) is 1. The molecule has 1 heterocycles. The van der Waals surface area contributed by atoms with Crippen LogP contribution in [0.5, 0.6) is 0 Å². The summed E-state index contributed by atoms with van der Waals surface area (Å²) < 4.78 is 0. The van der Waals surface area contributed by atoms with E-state index in [4.69, 9.17) is 0 Å². The molecule has 0 aliphatic heterocycles. The van der Waals surface area contributed by atoms with E-state index in [0.29, 0.717) is 0 Å². The van der Waals surface area contributed by atoms with Gasteiger partial charge in [0, 0.05) is 23.5 Å². The Labute approximate surface area is 96.4 Å². The van der Waals surface area contributed by atoms with Crippen molar-refractivity contribution in [1.29, 1.82) is 0 Å². The Hall–Kier alpha value is -1.67. The SMILES string of the molecule is Cc1ccccc1C[NH2+]Cc1cccnc1. The lowest BCUT2D eigenvalue weighted by atomic mass is 10.1. The molecule has 0 radical (unpaired) electrons. The molecule has 0 unspecified atom stereocenters. The second-order valence-corrected chi connectivity index (χ2v) is 3.98. The number of pyridine rings is 1. The summed E-state index contributed by atoms with van der Waals surface area (Å²) in [4.78, 5) is 4.11. The average molecular weight is 213 g/mol. The summed E-state index contributed by atoms with van der Waals surface area (Å²) in [5.74, 6) is 0. The molecular weight excluding hydrogens is 196 g/mol. The molecule has 0 fully saturated rings. The first-order valence-electron chi connectivity index (χ1n) is 5.61. The van der Waals surface area contributed by atoms with Crippen LogP contribution in [0.4, 0.5) is 0 Å². The highest BCUT2D eigenvalue weighted by atomic mass is 14.8. The molecule has 0 atom stereocenters. The summed E-state index contributed by atoms with van der Waals surface area (Å²) >= 11 is 0. The Kier molecular flexibility index (Phi) is 3.67. The van der Waals surface area contributed by atoms with Gasteiger partial charge in [0.1, 0.15) is 13.1 Å². The van der Waals surface area contributed by atoms with E-state index in [0.717, 1.165) is 13.1 Å². The third kappa shape index (κ3) is 2.91. The van der Waals surface area contributed by atoms with E-state index >= 15 is 0 Å². The van der Waals surface area contributed by atoms with Gasteiger partial charge in [0.15, 0.2) is 0 Å². The lowest BCUT2D eigenvalue weighted by Gasteiger charge is -2.04. The Morgan fingerprint density at radius 2 is 1.94 bits per heavy atom. The van der Waals surface area contributed by atoms with E-state index in [2.05, 4.69) is 47.6 Å². The van der Waals surface area contributed by atoms with Crippen LogP contribution in [0.3, 0.4) is 0 Å². The van der Waals surface area contributed by atoms with Crippen molar-refractivity contribution in [2.45, 2.75) is 20.0 Å². The molecule has 2 aromatic rings. The smallest absolute Gasteiger partial charge is 0.103 e. The first-order valence-corrected chi connectivity index (χ1v) is 5.61. The molecule has 0 aliphatic carbocycles. The molecule has 0 bridgehead atoms. The second-order valence-electron chi connectivity index (χ2n) is 3.98. The number of rotatable bonds is 4. The number of quaternary nitrogens is 1. The van der Waals surface area contributed by atoms with Crippen LogP contribution in [0.25, 0.3) is 0 Å². The molecule has 2 rings (SSSR count). The fraction of sp³-hybridized carbons (Fsp3) is 0.214. The molecule has 1 aromatic carbocycles. The van der Waals surface area contributed by atoms with Gasteiger partial charge in [0.05, 0.1) is 0 Å². The summed E-state index contributed by atoms with van der Waals surface area (Å²) in [6, 6.07) is 12.6. The maximum Gasteiger partial charge on any atom is 0.103 e. The van der Waals surface area contributed by atoms with Crippen molar-refractivity contribution in [3.63, 3.8) is 0 Å². The van der Waals surface area contributed by atoms with Gasteiger partial charge >= 0.3 is 0 Å². The first kappa shape index (κ1) is 10.8. The van der Waals surface area contributed by atoms with Crippen LogP contribution in [0, 0.1) is 6.92 Å². The van der Waals surface area contributed by atoms with Gasteiger partial charge < -0.3 is 5.32 Å². The molecule has 0 aliphatic rings. The Balaban J connectivity index is 1.87. The highest BCUT2D eigenvalue weighted by Crippen LogP contribution is 2.04. The molecule has 16 heavy (non-hydrogen) atoms. The van der Waals surface area contributed by atoms with Gasteiger partial charge in [-0.1, -0.05) is 30.3 Å². The third-order valence-electron chi connectivity index (χ3n) is 2.73. The minimum Gasteiger partial charge on any atom is -0.339 e. The van der Waals surface area contributed by atoms with Crippen molar-refractivity contribution in [2.75, 3.05) is 0 Å². The van der Waals surface area contributed by atoms with Crippen molar-refractivity contribution in [3.05, 3.63) is 65.5 Å². The molecule has 0 amide bonds. The standard InChI is InChI=1S/C14H16N2/c1-12-5-2-3-7-14(12)11-16-10-13-6-4-8-15-9-13/h2-9,16H,10-11H2,1H3/p+1. The normalized spacial score (nSPS) is 10.3. The minimum atomic E-state index is 0.988. The lowest BCUT2D eigenvalue weighted by molar-refractivity contribution is -0.686. The van der Waals surface area contributed by atoms with Crippen LogP contribution in [0.2, 0.25) is 0 Å². The van der Waals surface area contributed by atoms with Crippen LogP contribution in [-0.2, 0) is 13.1 Å². The highest BCUT2D eigenvalue weighted by molar-refractivity contribution is 5.24. The van der Waals surface area contributed by atoms with Crippen molar-refractivity contribution in [2.24, 2.45) is 0 Å². The molecule has 2 N–H and O–H groups in total. The Bertz CT molecular complexity index is 437. The van der Waals surface area contributed by atoms with Gasteiger partial charge in [-0.3, -0.25) is 4.98 Å². The van der Waals surface area contributed by atoms with E-state index in [9.17, 15) is 0 Å². The number of nitrogens with two attached hydrogens (primary N) is 1. The maximum atomic E-state index is 4.11. The summed E-state index contributed by atoms with van der Waals surface area (Å²) in [5, 5.41) is 2.30. The average Bonchev–Trinajstić information content (AvgIpc) is 2.33. The number of hydrogen-bond donors (Lipinski definition) is 1. The second kappa shape index (κ2) is 5.42. The van der Waals surface area contributed by atoms with E-state index in [1.807, 2.05) is 18.5 Å². The van der Waals surface area contributed by atoms with E-state index in [-0.39, 0.29) is 0 Å². The molecule has 0 saturated heterocycles. The van der Waals surface area contributed by atoms with Crippen molar-refractivity contribution < 1.29 is 5.32 Å². The Morgan fingerprint density at radius 3 is 2.69 bits per heavy atom. The van der Waals surface area contributed by atoms with Crippen LogP contribution in [0.15, 0.2) is 48.8 Å². The predicted octanol–water partition coefficient (Wildman–Crippen LogP) is 1.65. The zero-order chi connectivity index (χ0) is 11.2. The van der Waals surface area contributed by atoms with Crippen molar-refractivity contribution in [3.8, 4) is 0 Å². The highest BCUT2D eigenvalue weighted by Gasteiger charge is 1.99. The van der Waals surface area contributed by atoms with Crippen LogP contribution >= 0.6 is 0 Å². The van der Waals surface area contributed by atoms with Gasteiger partial charge in [-0.05, 0) is 18.6 Å². The van der Waals surface area contributed by atoms with Crippen LogP contribution in [0.1, 0.15) is 16.7 Å². The van der Waals surface area contributed by atoms with Gasteiger partial charge in [-0.15, -0.1) is 0 Å². The third-order valence-corrected chi connectivity index (χ3v) is 2.73. The monoisotopic (exact) mass is 213 g/mol. The molecule has 2 heteroatoms. The van der Waals surface area contributed by atoms with E-state index in [1.165, 1.54) is 16.7 Å². The molecule has 0 saturated carbocycles. The molecule has 1 aromatic heterocycles. The molecule has 0 spiro atoms. The largest absolute Gasteiger partial charge is 0.339 e. The summed E-state index contributed by atoms with van der Waals surface area (Å²) in [6.45, 7) is 4.18. The number of benzene rings is 1. The topological polar surface area (TPSA) is 29.5 Å². The number of aromatic nitrogens is 1. The van der Waals surface area contributed by atoms with Crippen LogP contribution in [-0.4, -0.2) is 4.98 Å². The predicted molar refractivity (Wildman–Crippen MR) is 64.7 cm³/mol. The quantitative estimate of drug-likeness (QED) is 0.822. The zero-order valence-electron chi connectivity index (χ0n) is 9.56. The van der Waals surface area contributed by atoms with Gasteiger partial charge in [-0.25, -0.2) is 0 Å². The Morgan fingerprint density at radius 1 is 1.06 bits per heavy atom. The first-order chi connectivity index (χ1) is 7.86. The lowest BCUT2D eigenvalue weighted by Crippen LogP contribution is -2.80. The molecular formula is C14H17N2+. The molecule has 82 valence electrons. The molecule has 2 nitrogen and oxygen atoms in total. The fourth-order valence-electron chi connectivity index (χ4n) is 1.75. The van der Waals surface area contributed by atoms with E-state index < -0.39 is 0 Å². The van der Waals surface area contributed by atoms with Gasteiger partial charge in [0.25, 0.3) is 0 Å². The fourth-order valence-corrected chi connectivity index (χ4v) is 1.75. The number of nitrogens with zero attached hydrogens (tertiary/aromatic N) is 1. The summed E-state index contributed by atoms with van der Waals surface area (Å²) in [7, 11) is 0. The van der Waals surface area contributed by atoms with Gasteiger partial charge in [0.2, 0.25) is 0 Å². The van der Waals surface area contributed by atoms with Crippen LogP contribution < -0.4 is 5.32 Å². The summed E-state index contributed by atoms with van der Waals surface area (Å²) in [5.41, 5.74) is 4.05. The van der Waals surface area contributed by atoms with E-state index in [1.54, 1.807) is 0 Å². The maximum absolute atomic E-state index is 4.11. The summed E-state index contributed by atoms with van der Waals surface area (Å²) in [6.07, 6.45) is 3.74. The van der Waals surface area contributed by atoms with Crippen molar-refractivity contribution in [1.82, 2.24) is 4.98 Å². The number of aryl methyl sites for hydroxylation is 1. The zero-order valence-corrected chi connectivity index (χ0v) is 9.56. The van der Waals surface area contributed by atoms with Crippen molar-refractivity contribution >= 4 is 0 Å². The van der Waals surface area contributed by atoms with Gasteiger partial charge in [-0.2, -0.15) is 0 Å².